The molecule has 65 heavy (non-hydrogen) atoms. The van der Waals surface area contributed by atoms with Gasteiger partial charge in [0.05, 0.1) is 33.0 Å². The average molecular weight is 927 g/mol. The van der Waals surface area contributed by atoms with Crippen LogP contribution in [0.25, 0.3) is 10.9 Å². The molecule has 1 aromatic heterocycles. The first-order valence-corrected chi connectivity index (χ1v) is 23.3. The highest BCUT2D eigenvalue weighted by Gasteiger charge is 2.80. The number of rotatable bonds is 7. The van der Waals surface area contributed by atoms with Crippen LogP contribution in [0.1, 0.15) is 75.3 Å². The minimum Gasteiger partial charge on any atom is -0.496 e. The normalized spacial score (nSPS) is 34.4. The molecule has 5 aliphatic heterocycles. The van der Waals surface area contributed by atoms with Crippen LogP contribution in [0.3, 0.4) is 0 Å². The number of anilines is 1. The Kier molecular flexibility index (Phi) is 12.6. The van der Waals surface area contributed by atoms with Gasteiger partial charge in [-0.25, -0.2) is 4.79 Å². The van der Waals surface area contributed by atoms with Crippen molar-refractivity contribution < 1.29 is 66.5 Å². The van der Waals surface area contributed by atoms with E-state index in [1.165, 1.54) is 21.1 Å². The number of aliphatic hydroxyl groups is 2. The molecule has 7 N–H and O–H groups in total. The second-order valence-corrected chi connectivity index (χ2v) is 19.5. The number of para-hydroxylation sites is 1. The molecular weight excluding hydrogens is 865 g/mol. The van der Waals surface area contributed by atoms with Gasteiger partial charge in [-0.15, -0.1) is 0 Å². The molecule has 3 fully saturated rings. The minimum atomic E-state index is -4.67. The summed E-state index contributed by atoms with van der Waals surface area (Å²) < 4.78 is 55.5. The minimum absolute atomic E-state index is 0. The summed E-state index contributed by atoms with van der Waals surface area (Å²) in [6.45, 7) is 8.62. The standard InChI is InChI=1S/C46H58N4O9.H2O4S.H2O/c1-8-42(54)23-28-24-45(40(52)57-6,36-30(15-19-49(25-28)26-42)29-13-10-11-14-33(29)47-36)32-21-31-34(22-35(32)56-5)48(4)38-44(31)17-20-50-18-12-16-43(9-2,37(44)50)39(59-27(3)51)46(38,55)41(53)58-7;1-5(2,3)4;/h10-14,16,21-22,28,37-39,47,54-55H,8-9,15,17-20,23-26H2,1-7H3;(H2,1,2,3,4);1H2/t28-,37+,38-,39-,42+,43-,44-,45+,46+;;/m1../s1. The number of carbonyl (C=O) groups is 3. The highest BCUT2D eigenvalue weighted by molar-refractivity contribution is 7.79. The van der Waals surface area contributed by atoms with E-state index in [4.69, 9.17) is 36.5 Å². The van der Waals surface area contributed by atoms with Crippen molar-refractivity contribution in [3.05, 3.63) is 70.9 Å². The predicted molar refractivity (Wildman–Crippen MR) is 238 cm³/mol. The Balaban J connectivity index is 0.000000997. The number of ether oxygens (including phenoxy) is 4. The van der Waals surface area contributed by atoms with Crippen LogP contribution in [0.15, 0.2) is 48.6 Å². The van der Waals surface area contributed by atoms with Gasteiger partial charge in [0.2, 0.25) is 5.60 Å². The van der Waals surface area contributed by atoms with Crippen molar-refractivity contribution >= 4 is 44.9 Å². The van der Waals surface area contributed by atoms with E-state index in [9.17, 15) is 19.8 Å². The van der Waals surface area contributed by atoms with Crippen molar-refractivity contribution in [2.24, 2.45) is 11.3 Å². The topological polar surface area (TPSA) is 260 Å². The number of methoxy groups -OCH3 is 3. The SMILES string of the molecule is CC[C@]1(O)C[C@H]2CN(CCc3c([nH]c4ccccc34)[C@@](C(=O)OC)(c3cc4c(cc3OC)N(C)[C@H]3[C@@](O)(C(=O)OC)[C@H](OC(C)=O)[C@]5(CC)C=CCN6CC[C@]43[C@@H]65)C2)C1.O.O=S(=O)(O)O. The van der Waals surface area contributed by atoms with Gasteiger partial charge >= 0.3 is 28.3 Å². The van der Waals surface area contributed by atoms with E-state index in [2.05, 4.69) is 39.1 Å². The van der Waals surface area contributed by atoms with Crippen LogP contribution < -0.4 is 9.64 Å². The number of aromatic nitrogens is 1. The van der Waals surface area contributed by atoms with Crippen LogP contribution in [0, 0.1) is 11.3 Å². The lowest BCUT2D eigenvalue weighted by molar-refractivity contribution is -0.228. The molecular formula is C46H62N4O14S. The maximum Gasteiger partial charge on any atom is 0.394 e. The van der Waals surface area contributed by atoms with E-state index in [1.54, 1.807) is 7.11 Å². The molecule has 10 atom stereocenters. The highest BCUT2D eigenvalue weighted by atomic mass is 32.3. The van der Waals surface area contributed by atoms with Crippen molar-refractivity contribution in [1.29, 1.82) is 0 Å². The fraction of sp³-hybridized carbons (Fsp3) is 0.587. The summed E-state index contributed by atoms with van der Waals surface area (Å²) in [7, 11) is 1.49. The van der Waals surface area contributed by atoms with Gasteiger partial charge in [0.25, 0.3) is 0 Å². The summed E-state index contributed by atoms with van der Waals surface area (Å²) in [5.74, 6) is -1.56. The monoisotopic (exact) mass is 926 g/mol. The number of hydrogen-bond donors (Lipinski definition) is 5. The number of nitrogens with zero attached hydrogens (tertiary/aromatic N) is 3. The smallest absolute Gasteiger partial charge is 0.394 e. The lowest BCUT2D eigenvalue weighted by atomic mass is 9.47. The Hall–Kier alpha value is -4.60. The first-order valence-electron chi connectivity index (χ1n) is 21.9. The zero-order valence-corrected chi connectivity index (χ0v) is 38.7. The number of nitrogens with one attached hydrogen (secondary N) is 1. The number of likely N-dealkylation sites (N-methyl/N-ethyl adjacent to an activating group) is 1. The van der Waals surface area contributed by atoms with Crippen molar-refractivity contribution in [1.82, 2.24) is 14.8 Å². The predicted octanol–water partition coefficient (Wildman–Crippen LogP) is 2.51. The van der Waals surface area contributed by atoms with Crippen molar-refractivity contribution in [2.75, 3.05) is 66.0 Å². The third-order valence-corrected chi connectivity index (χ3v) is 15.6. The number of H-pyrrole nitrogens is 1. The van der Waals surface area contributed by atoms with Gasteiger partial charge in [0, 0.05) is 90.9 Å². The molecule has 6 heterocycles. The van der Waals surface area contributed by atoms with Crippen LogP contribution in [-0.4, -0.2) is 156 Å². The quantitative estimate of drug-likeness (QED) is 0.0987. The third kappa shape index (κ3) is 7.15. The van der Waals surface area contributed by atoms with Gasteiger partial charge in [-0.2, -0.15) is 8.42 Å². The van der Waals surface area contributed by atoms with Crippen LogP contribution in [0.2, 0.25) is 0 Å². The third-order valence-electron chi connectivity index (χ3n) is 15.6. The molecule has 1 unspecified atom stereocenters. The maximum absolute atomic E-state index is 15.3. The highest BCUT2D eigenvalue weighted by Crippen LogP contribution is 2.68. The van der Waals surface area contributed by atoms with Gasteiger partial charge < -0.3 is 44.5 Å². The molecule has 0 radical (unpaired) electrons. The molecule has 19 heteroatoms. The zero-order chi connectivity index (χ0) is 46.4. The molecule has 2 aromatic carbocycles. The summed E-state index contributed by atoms with van der Waals surface area (Å²) in [5.41, 5.74) is -1.62. The molecule has 1 spiro atoms. The Morgan fingerprint density at radius 3 is 2.26 bits per heavy atom. The van der Waals surface area contributed by atoms with Crippen molar-refractivity contribution in [3.63, 3.8) is 0 Å². The number of aromatic amines is 1. The summed E-state index contributed by atoms with van der Waals surface area (Å²) in [6.07, 6.45) is 5.94. The van der Waals surface area contributed by atoms with E-state index in [1.807, 2.05) is 50.1 Å². The van der Waals surface area contributed by atoms with E-state index in [-0.39, 0.29) is 17.4 Å². The Morgan fingerprint density at radius 2 is 1.63 bits per heavy atom. The Morgan fingerprint density at radius 1 is 0.938 bits per heavy atom. The number of benzene rings is 2. The zero-order valence-electron chi connectivity index (χ0n) is 37.9. The molecule has 2 bridgehead atoms. The molecule has 6 aliphatic rings. The number of fused-ring (bicyclic) bond motifs is 6. The summed E-state index contributed by atoms with van der Waals surface area (Å²) in [6, 6.07) is 11.0. The molecule has 0 amide bonds. The summed E-state index contributed by atoms with van der Waals surface area (Å²) in [5, 5.41) is 26.3. The van der Waals surface area contributed by atoms with Crippen LogP contribution in [-0.2, 0) is 56.2 Å². The number of carbonyl (C=O) groups excluding carboxylic acids is 3. The molecule has 356 valence electrons. The molecule has 1 saturated carbocycles. The maximum atomic E-state index is 15.3. The Labute approximate surface area is 378 Å². The van der Waals surface area contributed by atoms with E-state index < -0.39 is 67.9 Å². The number of piperidine rings is 1. The summed E-state index contributed by atoms with van der Waals surface area (Å²) in [4.78, 5) is 53.2. The molecule has 2 saturated heterocycles. The molecule has 9 rings (SSSR count). The molecule has 18 nitrogen and oxygen atoms in total. The van der Waals surface area contributed by atoms with Gasteiger partial charge in [-0.05, 0) is 74.2 Å². The average Bonchev–Trinajstić information content (AvgIpc) is 3.92. The van der Waals surface area contributed by atoms with Gasteiger partial charge in [-0.3, -0.25) is 28.5 Å². The van der Waals surface area contributed by atoms with Gasteiger partial charge in [-0.1, -0.05) is 44.2 Å². The Bertz CT molecular complexity index is 2510. The lowest BCUT2D eigenvalue weighted by Crippen LogP contribution is -2.81. The first kappa shape index (κ1) is 48.3. The largest absolute Gasteiger partial charge is 0.496 e. The van der Waals surface area contributed by atoms with Gasteiger partial charge in [0.15, 0.2) is 6.10 Å². The second kappa shape index (κ2) is 16.9. The second-order valence-electron chi connectivity index (χ2n) is 18.7. The fourth-order valence-electron chi connectivity index (χ4n) is 13.5. The number of esters is 3. The van der Waals surface area contributed by atoms with E-state index >= 15 is 4.79 Å². The van der Waals surface area contributed by atoms with Crippen molar-refractivity contribution in [3.8, 4) is 5.75 Å². The van der Waals surface area contributed by atoms with Crippen LogP contribution >= 0.6 is 0 Å². The first-order chi connectivity index (χ1) is 30.2. The van der Waals surface area contributed by atoms with Crippen molar-refractivity contribution in [2.45, 2.75) is 99.5 Å². The molecule has 3 aromatic rings. The lowest BCUT2D eigenvalue weighted by Gasteiger charge is -2.63. The fourth-order valence-corrected chi connectivity index (χ4v) is 13.5. The van der Waals surface area contributed by atoms with Crippen LogP contribution in [0.5, 0.6) is 5.75 Å². The van der Waals surface area contributed by atoms with Gasteiger partial charge in [0.1, 0.15) is 11.2 Å². The number of hydrogen-bond acceptors (Lipinski definition) is 14. The molecule has 1 aliphatic carbocycles. The van der Waals surface area contributed by atoms with Crippen LogP contribution in [0.4, 0.5) is 5.69 Å². The van der Waals surface area contributed by atoms with E-state index in [0.717, 1.165) is 33.4 Å². The summed E-state index contributed by atoms with van der Waals surface area (Å²) >= 11 is 0. The van der Waals surface area contributed by atoms with E-state index in [0.29, 0.717) is 82.6 Å².